The maximum absolute atomic E-state index is 4.16. The van der Waals surface area contributed by atoms with Gasteiger partial charge in [0.25, 0.3) is 0 Å². The molecule has 0 atom stereocenters. The van der Waals surface area contributed by atoms with Crippen LogP contribution in [0.15, 0.2) is 12.4 Å². The second-order valence-corrected chi connectivity index (χ2v) is 2.85. The molecule has 62 valence electrons. The Morgan fingerprint density at radius 3 is 2.91 bits per heavy atom. The van der Waals surface area contributed by atoms with E-state index in [1.807, 2.05) is 12.4 Å². The number of aromatic nitrogens is 2. The number of unbranched alkanes of at least 4 members (excludes halogenated alkanes) is 3. The van der Waals surface area contributed by atoms with Crippen LogP contribution in [-0.4, -0.2) is 9.97 Å². The zero-order valence-corrected chi connectivity index (χ0v) is 7.14. The van der Waals surface area contributed by atoms with E-state index < -0.39 is 0 Å². The maximum atomic E-state index is 4.16. The second kappa shape index (κ2) is 4.94. The van der Waals surface area contributed by atoms with Crippen molar-refractivity contribution in [1.29, 1.82) is 0 Å². The summed E-state index contributed by atoms with van der Waals surface area (Å²) in [6, 6.07) is 0. The lowest BCUT2D eigenvalue weighted by atomic mass is 10.1. The van der Waals surface area contributed by atoms with Crippen molar-refractivity contribution in [3.63, 3.8) is 0 Å². The van der Waals surface area contributed by atoms with E-state index in [-0.39, 0.29) is 0 Å². The Bertz CT molecular complexity index is 168. The van der Waals surface area contributed by atoms with Crippen molar-refractivity contribution in [3.05, 3.63) is 18.2 Å². The molecule has 0 radical (unpaired) electrons. The van der Waals surface area contributed by atoms with Gasteiger partial charge < -0.3 is 4.98 Å². The normalized spacial score (nSPS) is 10.3. The molecule has 0 bridgehead atoms. The summed E-state index contributed by atoms with van der Waals surface area (Å²) in [4.78, 5) is 7.26. The predicted molar refractivity (Wildman–Crippen MR) is 46.4 cm³/mol. The zero-order chi connectivity index (χ0) is 7.94. The van der Waals surface area contributed by atoms with Crippen LogP contribution >= 0.6 is 0 Å². The van der Waals surface area contributed by atoms with Gasteiger partial charge >= 0.3 is 0 Å². The summed E-state index contributed by atoms with van der Waals surface area (Å²) in [6.07, 6.45) is 10.1. The van der Waals surface area contributed by atoms with E-state index in [2.05, 4.69) is 16.9 Å². The third-order valence-corrected chi connectivity index (χ3v) is 1.82. The zero-order valence-electron chi connectivity index (χ0n) is 7.14. The maximum Gasteiger partial charge on any atom is 0.105 e. The molecule has 0 fully saturated rings. The van der Waals surface area contributed by atoms with E-state index in [1.54, 1.807) is 0 Å². The molecule has 0 aliphatic carbocycles. The van der Waals surface area contributed by atoms with Crippen LogP contribution in [0.5, 0.6) is 0 Å². The second-order valence-electron chi connectivity index (χ2n) is 2.85. The van der Waals surface area contributed by atoms with E-state index in [9.17, 15) is 0 Å². The Kier molecular flexibility index (Phi) is 3.73. The number of hydrogen-bond donors (Lipinski definition) is 1. The third-order valence-electron chi connectivity index (χ3n) is 1.82. The average molecular weight is 152 g/mol. The van der Waals surface area contributed by atoms with Crippen molar-refractivity contribution in [3.8, 4) is 0 Å². The Hall–Kier alpha value is -0.790. The first-order valence-electron chi connectivity index (χ1n) is 4.41. The summed E-state index contributed by atoms with van der Waals surface area (Å²) < 4.78 is 0. The summed E-state index contributed by atoms with van der Waals surface area (Å²) >= 11 is 0. The Morgan fingerprint density at radius 1 is 1.36 bits per heavy atom. The van der Waals surface area contributed by atoms with Crippen LogP contribution < -0.4 is 0 Å². The molecule has 11 heavy (non-hydrogen) atoms. The molecule has 0 aliphatic heterocycles. The van der Waals surface area contributed by atoms with E-state index in [0.29, 0.717) is 0 Å². The first kappa shape index (κ1) is 8.31. The standard InChI is InChI=1S/C9H16N2/c1-2-3-4-5-6-9-10-7-8-11-9/h7-8H,2-6H2,1H3,(H,10,11). The first-order chi connectivity index (χ1) is 5.43. The number of aryl methyl sites for hydroxylation is 1. The smallest absolute Gasteiger partial charge is 0.105 e. The molecule has 0 unspecified atom stereocenters. The van der Waals surface area contributed by atoms with Crippen molar-refractivity contribution >= 4 is 0 Å². The van der Waals surface area contributed by atoms with Gasteiger partial charge in [-0.25, -0.2) is 4.98 Å². The van der Waals surface area contributed by atoms with Crippen LogP contribution in [0.25, 0.3) is 0 Å². The minimum Gasteiger partial charge on any atom is -0.349 e. The number of hydrogen-bond acceptors (Lipinski definition) is 1. The highest BCUT2D eigenvalue weighted by Gasteiger charge is 1.92. The van der Waals surface area contributed by atoms with Crippen molar-refractivity contribution in [2.75, 3.05) is 0 Å². The molecule has 0 aromatic carbocycles. The molecule has 1 N–H and O–H groups in total. The van der Waals surface area contributed by atoms with Crippen LogP contribution in [0.1, 0.15) is 38.4 Å². The summed E-state index contributed by atoms with van der Waals surface area (Å²) in [7, 11) is 0. The first-order valence-corrected chi connectivity index (χ1v) is 4.41. The minimum absolute atomic E-state index is 1.10. The number of imidazole rings is 1. The third kappa shape index (κ3) is 3.21. The van der Waals surface area contributed by atoms with Gasteiger partial charge in [0.05, 0.1) is 0 Å². The van der Waals surface area contributed by atoms with Crippen molar-refractivity contribution in [2.24, 2.45) is 0 Å². The van der Waals surface area contributed by atoms with Gasteiger partial charge in [0.2, 0.25) is 0 Å². The van der Waals surface area contributed by atoms with Gasteiger partial charge in [-0.15, -0.1) is 0 Å². The lowest BCUT2D eigenvalue weighted by molar-refractivity contribution is 0.655. The van der Waals surface area contributed by atoms with E-state index in [4.69, 9.17) is 0 Å². The number of rotatable bonds is 5. The van der Waals surface area contributed by atoms with Crippen molar-refractivity contribution < 1.29 is 0 Å². The molecule has 2 nitrogen and oxygen atoms in total. The summed E-state index contributed by atoms with van der Waals surface area (Å²) in [6.45, 7) is 2.23. The van der Waals surface area contributed by atoms with Gasteiger partial charge in [-0.1, -0.05) is 26.2 Å². The van der Waals surface area contributed by atoms with Gasteiger partial charge in [0.15, 0.2) is 0 Å². The fourth-order valence-electron chi connectivity index (χ4n) is 1.15. The average Bonchev–Trinajstić information content (AvgIpc) is 2.50. The lowest BCUT2D eigenvalue weighted by Gasteiger charge is -1.95. The SMILES string of the molecule is CCCCCCc1ncc[nH]1. The van der Waals surface area contributed by atoms with Gasteiger partial charge in [0, 0.05) is 18.8 Å². The highest BCUT2D eigenvalue weighted by molar-refractivity contribution is 4.86. The molecule has 0 saturated heterocycles. The molecule has 0 aliphatic rings. The molecule has 0 amide bonds. The largest absolute Gasteiger partial charge is 0.349 e. The van der Waals surface area contributed by atoms with Gasteiger partial charge in [-0.05, 0) is 6.42 Å². The minimum atomic E-state index is 1.10. The summed E-state index contributed by atoms with van der Waals surface area (Å²) in [5.41, 5.74) is 0. The molecule has 1 aromatic rings. The number of aromatic amines is 1. The van der Waals surface area contributed by atoms with Gasteiger partial charge in [0.1, 0.15) is 5.82 Å². The monoisotopic (exact) mass is 152 g/mol. The fraction of sp³-hybridized carbons (Fsp3) is 0.667. The fourth-order valence-corrected chi connectivity index (χ4v) is 1.15. The van der Waals surface area contributed by atoms with Crippen LogP contribution in [0.3, 0.4) is 0 Å². The van der Waals surface area contributed by atoms with Crippen LogP contribution in [0.2, 0.25) is 0 Å². The molecule has 2 heteroatoms. The van der Waals surface area contributed by atoms with Crippen molar-refractivity contribution in [2.45, 2.75) is 39.0 Å². The molecular weight excluding hydrogens is 136 g/mol. The predicted octanol–water partition coefficient (Wildman–Crippen LogP) is 2.53. The Balaban J connectivity index is 2.04. The van der Waals surface area contributed by atoms with Gasteiger partial charge in [-0.2, -0.15) is 0 Å². The number of nitrogens with one attached hydrogen (secondary N) is 1. The van der Waals surface area contributed by atoms with E-state index in [1.165, 1.54) is 25.7 Å². The summed E-state index contributed by atoms with van der Waals surface area (Å²) in [5, 5.41) is 0. The molecule has 1 rings (SSSR count). The molecule has 0 saturated carbocycles. The Morgan fingerprint density at radius 2 is 2.27 bits per heavy atom. The van der Waals surface area contributed by atoms with Crippen LogP contribution in [0.4, 0.5) is 0 Å². The summed E-state index contributed by atoms with van der Waals surface area (Å²) in [5.74, 6) is 1.13. The van der Waals surface area contributed by atoms with Gasteiger partial charge in [-0.3, -0.25) is 0 Å². The highest BCUT2D eigenvalue weighted by Crippen LogP contribution is 2.02. The molecule has 1 aromatic heterocycles. The Labute approximate surface area is 68.0 Å². The lowest BCUT2D eigenvalue weighted by Crippen LogP contribution is -1.87. The van der Waals surface area contributed by atoms with E-state index >= 15 is 0 Å². The molecule has 0 spiro atoms. The van der Waals surface area contributed by atoms with E-state index in [0.717, 1.165) is 12.2 Å². The van der Waals surface area contributed by atoms with Crippen LogP contribution in [0, 0.1) is 0 Å². The van der Waals surface area contributed by atoms with Crippen LogP contribution in [-0.2, 0) is 6.42 Å². The van der Waals surface area contributed by atoms with Crippen molar-refractivity contribution in [1.82, 2.24) is 9.97 Å². The molecular formula is C9H16N2. The highest BCUT2D eigenvalue weighted by atomic mass is 14.9. The number of nitrogens with zero attached hydrogens (tertiary/aromatic N) is 1. The topological polar surface area (TPSA) is 28.7 Å². The molecule has 1 heterocycles. The quantitative estimate of drug-likeness (QED) is 0.645. The number of H-pyrrole nitrogens is 1.